The van der Waals surface area contributed by atoms with E-state index in [4.69, 9.17) is 25.8 Å². The lowest BCUT2D eigenvalue weighted by atomic mass is 10.1. The van der Waals surface area contributed by atoms with E-state index >= 15 is 0 Å². The fraction of sp³-hybridized carbons (Fsp3) is 0.400. The summed E-state index contributed by atoms with van der Waals surface area (Å²) in [5.41, 5.74) is -0.419. The van der Waals surface area contributed by atoms with Crippen molar-refractivity contribution >= 4 is 29.5 Å². The fourth-order valence-corrected chi connectivity index (χ4v) is 2.69. The Bertz CT molecular complexity index is 733. The molecule has 1 fully saturated rings. The molecule has 9 heteroatoms. The zero-order chi connectivity index (χ0) is 17.5. The number of amides is 3. The van der Waals surface area contributed by atoms with E-state index in [9.17, 15) is 14.4 Å². The molecular formula is C15H15ClN2O6. The topological polar surface area (TPSA) is 94.2 Å². The smallest absolute Gasteiger partial charge is 0.326 e. The summed E-state index contributed by atoms with van der Waals surface area (Å²) in [7, 11) is 0. The summed E-state index contributed by atoms with van der Waals surface area (Å²) in [5, 5.41) is 2.84. The number of nitrogens with zero attached hydrogens (tertiary/aromatic N) is 1. The summed E-state index contributed by atoms with van der Waals surface area (Å²) in [6, 6.07) is 2.63. The number of imide groups is 1. The Hall–Kier alpha value is -2.48. The van der Waals surface area contributed by atoms with Crippen molar-refractivity contribution in [3.8, 4) is 11.5 Å². The van der Waals surface area contributed by atoms with Gasteiger partial charge in [0.2, 0.25) is 6.79 Å². The number of urea groups is 1. The second kappa shape index (κ2) is 5.86. The maximum atomic E-state index is 12.0. The van der Waals surface area contributed by atoms with E-state index in [0.29, 0.717) is 22.1 Å². The maximum Gasteiger partial charge on any atom is 0.326 e. The molecule has 0 bridgehead atoms. The molecule has 128 valence electrons. The van der Waals surface area contributed by atoms with Crippen molar-refractivity contribution in [2.75, 3.05) is 13.3 Å². The van der Waals surface area contributed by atoms with Crippen LogP contribution in [-0.4, -0.2) is 41.7 Å². The average Bonchev–Trinajstić information content (AvgIpc) is 3.04. The Kier molecular flexibility index (Phi) is 4.00. The number of benzene rings is 1. The Morgan fingerprint density at radius 2 is 2.12 bits per heavy atom. The molecule has 0 radical (unpaired) electrons. The molecule has 0 aliphatic carbocycles. The molecular weight excluding hydrogens is 340 g/mol. The monoisotopic (exact) mass is 354 g/mol. The first-order valence-corrected chi connectivity index (χ1v) is 7.53. The molecule has 24 heavy (non-hydrogen) atoms. The molecule has 1 saturated heterocycles. The predicted molar refractivity (Wildman–Crippen MR) is 81.7 cm³/mol. The van der Waals surface area contributed by atoms with Crippen molar-refractivity contribution < 1.29 is 28.6 Å². The van der Waals surface area contributed by atoms with Gasteiger partial charge in [-0.15, -0.1) is 0 Å². The Balaban J connectivity index is 1.60. The molecule has 2 aliphatic heterocycles. The van der Waals surface area contributed by atoms with Crippen LogP contribution < -0.4 is 14.8 Å². The van der Waals surface area contributed by atoms with Gasteiger partial charge in [0.25, 0.3) is 5.91 Å². The van der Waals surface area contributed by atoms with E-state index in [1.807, 2.05) is 0 Å². The van der Waals surface area contributed by atoms with Gasteiger partial charge in [-0.3, -0.25) is 14.5 Å². The number of rotatable bonds is 4. The lowest BCUT2D eigenvalue weighted by molar-refractivity contribution is -0.148. The van der Waals surface area contributed by atoms with Crippen LogP contribution in [0.15, 0.2) is 12.1 Å². The number of ether oxygens (including phenoxy) is 3. The lowest BCUT2D eigenvalue weighted by Gasteiger charge is -2.15. The van der Waals surface area contributed by atoms with E-state index in [1.54, 1.807) is 26.0 Å². The number of esters is 1. The molecule has 3 rings (SSSR count). The van der Waals surface area contributed by atoms with Crippen LogP contribution in [-0.2, 0) is 20.9 Å². The van der Waals surface area contributed by atoms with Crippen molar-refractivity contribution in [3.63, 3.8) is 0 Å². The van der Waals surface area contributed by atoms with Gasteiger partial charge in [-0.1, -0.05) is 11.6 Å². The zero-order valence-electron chi connectivity index (χ0n) is 13.1. The van der Waals surface area contributed by atoms with E-state index in [-0.39, 0.29) is 13.4 Å². The van der Waals surface area contributed by atoms with Gasteiger partial charge < -0.3 is 19.5 Å². The Morgan fingerprint density at radius 3 is 2.79 bits per heavy atom. The second-order valence-electron chi connectivity index (χ2n) is 5.92. The SMILES string of the molecule is CC1(C)NC(=O)N(CC(=O)OCc2cc(Cl)c3c(c2)OCO3)C1=O. The van der Waals surface area contributed by atoms with Crippen LogP contribution in [0.3, 0.4) is 0 Å². The van der Waals surface area contributed by atoms with Gasteiger partial charge >= 0.3 is 12.0 Å². The number of carbonyl (C=O) groups is 3. The summed E-state index contributed by atoms with van der Waals surface area (Å²) in [5.74, 6) is -0.252. The lowest BCUT2D eigenvalue weighted by Crippen LogP contribution is -2.41. The van der Waals surface area contributed by atoms with Gasteiger partial charge in [0, 0.05) is 0 Å². The van der Waals surface area contributed by atoms with E-state index in [1.165, 1.54) is 0 Å². The number of halogens is 1. The minimum Gasteiger partial charge on any atom is -0.459 e. The third kappa shape index (κ3) is 2.96. The first-order chi connectivity index (χ1) is 11.3. The highest BCUT2D eigenvalue weighted by atomic mass is 35.5. The predicted octanol–water partition coefficient (Wildman–Crippen LogP) is 1.44. The minimum absolute atomic E-state index is 0.0672. The van der Waals surface area contributed by atoms with Crippen LogP contribution in [0.1, 0.15) is 19.4 Å². The third-order valence-electron chi connectivity index (χ3n) is 3.62. The van der Waals surface area contributed by atoms with E-state index in [0.717, 1.165) is 4.90 Å². The highest BCUT2D eigenvalue weighted by molar-refractivity contribution is 6.32. The van der Waals surface area contributed by atoms with E-state index in [2.05, 4.69) is 5.32 Å². The summed E-state index contributed by atoms with van der Waals surface area (Å²) in [4.78, 5) is 36.5. The van der Waals surface area contributed by atoms with Crippen molar-refractivity contribution in [2.45, 2.75) is 26.0 Å². The van der Waals surface area contributed by atoms with Crippen LogP contribution in [0.2, 0.25) is 5.02 Å². The van der Waals surface area contributed by atoms with Gasteiger partial charge in [-0.05, 0) is 31.5 Å². The molecule has 2 aliphatic rings. The van der Waals surface area contributed by atoms with Crippen molar-refractivity contribution in [1.29, 1.82) is 0 Å². The molecule has 8 nitrogen and oxygen atoms in total. The summed E-state index contributed by atoms with van der Waals surface area (Å²) >= 11 is 6.05. The van der Waals surface area contributed by atoms with Crippen molar-refractivity contribution in [3.05, 3.63) is 22.7 Å². The maximum absolute atomic E-state index is 12.0. The van der Waals surface area contributed by atoms with Crippen LogP contribution in [0.4, 0.5) is 4.79 Å². The van der Waals surface area contributed by atoms with Crippen LogP contribution in [0.25, 0.3) is 0 Å². The highest BCUT2D eigenvalue weighted by Crippen LogP contribution is 2.39. The van der Waals surface area contributed by atoms with Gasteiger partial charge in [-0.25, -0.2) is 4.79 Å². The fourth-order valence-electron chi connectivity index (χ4n) is 2.40. The van der Waals surface area contributed by atoms with E-state index < -0.39 is 30.0 Å². The number of nitrogens with one attached hydrogen (secondary N) is 1. The van der Waals surface area contributed by atoms with Gasteiger partial charge in [-0.2, -0.15) is 0 Å². The Morgan fingerprint density at radius 1 is 1.38 bits per heavy atom. The van der Waals surface area contributed by atoms with Crippen LogP contribution in [0.5, 0.6) is 11.5 Å². The molecule has 0 atom stereocenters. The normalized spacial score (nSPS) is 17.9. The highest BCUT2D eigenvalue weighted by Gasteiger charge is 2.45. The molecule has 0 saturated carbocycles. The van der Waals surface area contributed by atoms with Crippen LogP contribution >= 0.6 is 11.6 Å². The van der Waals surface area contributed by atoms with Gasteiger partial charge in [0.05, 0.1) is 5.02 Å². The molecule has 1 aromatic carbocycles. The molecule has 0 spiro atoms. The number of fused-ring (bicyclic) bond motifs is 1. The third-order valence-corrected chi connectivity index (χ3v) is 3.90. The number of carbonyl (C=O) groups excluding carboxylic acids is 3. The standard InChI is InChI=1S/C15H15ClN2O6/c1-15(2)13(20)18(14(21)17-15)5-11(19)22-6-8-3-9(16)12-10(4-8)23-7-24-12/h3-4H,5-7H2,1-2H3,(H,17,21). The van der Waals surface area contributed by atoms with Gasteiger partial charge in [0.15, 0.2) is 11.5 Å². The molecule has 1 aromatic rings. The number of hydrogen-bond acceptors (Lipinski definition) is 6. The molecule has 0 unspecified atom stereocenters. The zero-order valence-corrected chi connectivity index (χ0v) is 13.8. The van der Waals surface area contributed by atoms with Crippen LogP contribution in [0, 0.1) is 0 Å². The summed E-state index contributed by atoms with van der Waals surface area (Å²) < 4.78 is 15.5. The van der Waals surface area contributed by atoms with Crippen molar-refractivity contribution in [2.24, 2.45) is 0 Å². The molecule has 3 amide bonds. The van der Waals surface area contributed by atoms with Crippen molar-refractivity contribution in [1.82, 2.24) is 10.2 Å². The van der Waals surface area contributed by atoms with Gasteiger partial charge in [0.1, 0.15) is 18.7 Å². The summed E-state index contributed by atoms with van der Waals surface area (Å²) in [6.45, 7) is 2.69. The largest absolute Gasteiger partial charge is 0.459 e. The second-order valence-corrected chi connectivity index (χ2v) is 6.33. The average molecular weight is 355 g/mol. The minimum atomic E-state index is -1.03. The first-order valence-electron chi connectivity index (χ1n) is 7.16. The number of hydrogen-bond donors (Lipinski definition) is 1. The molecule has 0 aromatic heterocycles. The molecule has 2 heterocycles. The quantitative estimate of drug-likeness (QED) is 0.649. The Labute approximate surface area is 142 Å². The first kappa shape index (κ1) is 16.4. The summed E-state index contributed by atoms with van der Waals surface area (Å²) in [6.07, 6.45) is 0. The molecule has 1 N–H and O–H groups in total.